The summed E-state index contributed by atoms with van der Waals surface area (Å²) in [5, 5.41) is 14.3. The summed E-state index contributed by atoms with van der Waals surface area (Å²) in [6.07, 6.45) is 2.51. The standard InChI is InChI=1S/C19H21ClFN3O3/c1-13-12-23(9-10-27-13)17(18-15(20)3-2-4-16(18)21)11-22-19(25)14-5-7-24(26)8-6-14/h2-8,13,17H,9-12H2,1H3,(H,22,25). The predicted octanol–water partition coefficient (Wildman–Crippen LogP) is 2.30. The van der Waals surface area contributed by atoms with Gasteiger partial charge in [0.25, 0.3) is 5.91 Å². The van der Waals surface area contributed by atoms with E-state index >= 15 is 0 Å². The Morgan fingerprint density at radius 2 is 2.19 bits per heavy atom. The van der Waals surface area contributed by atoms with Gasteiger partial charge in [0.05, 0.1) is 24.3 Å². The molecule has 1 aliphatic heterocycles. The highest BCUT2D eigenvalue weighted by atomic mass is 35.5. The van der Waals surface area contributed by atoms with Gasteiger partial charge in [-0.05, 0) is 19.1 Å². The number of rotatable bonds is 5. The number of amides is 1. The van der Waals surface area contributed by atoms with Crippen molar-refractivity contribution in [2.45, 2.75) is 19.1 Å². The number of hydrogen-bond donors (Lipinski definition) is 1. The molecule has 144 valence electrons. The molecule has 8 heteroatoms. The van der Waals surface area contributed by atoms with Gasteiger partial charge in [0.1, 0.15) is 5.82 Å². The minimum Gasteiger partial charge on any atom is -0.619 e. The van der Waals surface area contributed by atoms with Gasteiger partial charge in [0, 0.05) is 42.4 Å². The molecule has 2 unspecified atom stereocenters. The molecule has 0 saturated carbocycles. The summed E-state index contributed by atoms with van der Waals surface area (Å²) in [5.74, 6) is -0.748. The Bertz CT molecular complexity index is 783. The van der Waals surface area contributed by atoms with Gasteiger partial charge in [-0.3, -0.25) is 9.69 Å². The first-order valence-electron chi connectivity index (χ1n) is 8.72. The number of nitrogens with zero attached hydrogens (tertiary/aromatic N) is 2. The summed E-state index contributed by atoms with van der Waals surface area (Å²) in [6.45, 7) is 3.87. The Morgan fingerprint density at radius 1 is 1.44 bits per heavy atom. The highest BCUT2D eigenvalue weighted by molar-refractivity contribution is 6.31. The largest absolute Gasteiger partial charge is 0.619 e. The zero-order chi connectivity index (χ0) is 19.4. The van der Waals surface area contributed by atoms with Crippen LogP contribution in [-0.2, 0) is 4.74 Å². The van der Waals surface area contributed by atoms with E-state index in [1.54, 1.807) is 12.1 Å². The van der Waals surface area contributed by atoms with Gasteiger partial charge in [-0.25, -0.2) is 4.39 Å². The highest BCUT2D eigenvalue weighted by Gasteiger charge is 2.29. The van der Waals surface area contributed by atoms with Crippen molar-refractivity contribution < 1.29 is 18.7 Å². The number of carbonyl (C=O) groups excluding carboxylic acids is 1. The van der Waals surface area contributed by atoms with Gasteiger partial charge in [-0.2, -0.15) is 4.73 Å². The van der Waals surface area contributed by atoms with Crippen LogP contribution >= 0.6 is 11.6 Å². The molecule has 0 spiro atoms. The van der Waals surface area contributed by atoms with Gasteiger partial charge < -0.3 is 15.3 Å². The number of ether oxygens (including phenoxy) is 1. The molecule has 1 fully saturated rings. The number of nitrogens with one attached hydrogen (secondary N) is 1. The quantitative estimate of drug-likeness (QED) is 0.625. The van der Waals surface area contributed by atoms with Crippen LogP contribution in [0.15, 0.2) is 42.7 Å². The second-order valence-corrected chi connectivity index (χ2v) is 6.89. The van der Waals surface area contributed by atoms with E-state index in [1.165, 1.54) is 30.6 Å². The van der Waals surface area contributed by atoms with Crippen molar-refractivity contribution in [2.75, 3.05) is 26.2 Å². The molecule has 6 nitrogen and oxygen atoms in total. The Balaban J connectivity index is 1.81. The monoisotopic (exact) mass is 393 g/mol. The lowest BCUT2D eigenvalue weighted by molar-refractivity contribution is -0.605. The molecule has 27 heavy (non-hydrogen) atoms. The van der Waals surface area contributed by atoms with Gasteiger partial charge in [-0.15, -0.1) is 0 Å². The van der Waals surface area contributed by atoms with Crippen LogP contribution in [0.4, 0.5) is 4.39 Å². The summed E-state index contributed by atoms with van der Waals surface area (Å²) >= 11 is 6.28. The van der Waals surface area contributed by atoms with Crippen molar-refractivity contribution >= 4 is 17.5 Å². The van der Waals surface area contributed by atoms with E-state index in [1.807, 2.05) is 6.92 Å². The summed E-state index contributed by atoms with van der Waals surface area (Å²) in [5.41, 5.74) is 0.717. The molecular weight excluding hydrogens is 373 g/mol. The molecule has 3 rings (SSSR count). The summed E-state index contributed by atoms with van der Waals surface area (Å²) in [6, 6.07) is 7.00. The molecule has 2 heterocycles. The second-order valence-electron chi connectivity index (χ2n) is 6.48. The van der Waals surface area contributed by atoms with Crippen molar-refractivity contribution in [3.05, 3.63) is 69.9 Å². The third kappa shape index (κ3) is 4.74. The van der Waals surface area contributed by atoms with Crippen LogP contribution in [0.2, 0.25) is 5.02 Å². The zero-order valence-corrected chi connectivity index (χ0v) is 15.7. The number of halogens is 2. The Labute approximate surface area is 162 Å². The average Bonchev–Trinajstić information content (AvgIpc) is 2.64. The van der Waals surface area contributed by atoms with E-state index in [9.17, 15) is 14.4 Å². The fraction of sp³-hybridized carbons (Fsp3) is 0.368. The third-order valence-corrected chi connectivity index (χ3v) is 4.90. The van der Waals surface area contributed by atoms with Crippen LogP contribution in [0.25, 0.3) is 0 Å². The van der Waals surface area contributed by atoms with Crippen molar-refractivity contribution in [1.29, 1.82) is 0 Å². The van der Waals surface area contributed by atoms with Crippen LogP contribution in [0, 0.1) is 11.0 Å². The minimum atomic E-state index is -0.429. The number of aromatic nitrogens is 1. The fourth-order valence-electron chi connectivity index (χ4n) is 3.23. The topological polar surface area (TPSA) is 68.5 Å². The highest BCUT2D eigenvalue weighted by Crippen LogP contribution is 2.31. The fourth-order valence-corrected chi connectivity index (χ4v) is 3.52. The number of pyridine rings is 1. The van der Waals surface area contributed by atoms with Crippen LogP contribution in [0.5, 0.6) is 0 Å². The molecule has 1 saturated heterocycles. The molecule has 0 bridgehead atoms. The third-order valence-electron chi connectivity index (χ3n) is 4.57. The second kappa shape index (κ2) is 8.65. The molecular formula is C19H21ClFN3O3. The van der Waals surface area contributed by atoms with Crippen molar-refractivity contribution in [2.24, 2.45) is 0 Å². The van der Waals surface area contributed by atoms with Gasteiger partial charge in [0.2, 0.25) is 0 Å². The molecule has 2 atom stereocenters. The van der Waals surface area contributed by atoms with Gasteiger partial charge >= 0.3 is 0 Å². The van der Waals surface area contributed by atoms with Crippen molar-refractivity contribution in [3.63, 3.8) is 0 Å². The van der Waals surface area contributed by atoms with Crippen LogP contribution < -0.4 is 10.0 Å². The van der Waals surface area contributed by atoms with Gasteiger partial charge in [0.15, 0.2) is 12.4 Å². The van der Waals surface area contributed by atoms with E-state index in [-0.39, 0.29) is 18.6 Å². The maximum atomic E-state index is 14.6. The number of morpholine rings is 1. The number of carbonyl (C=O) groups is 1. The van der Waals surface area contributed by atoms with E-state index in [0.29, 0.717) is 40.6 Å². The van der Waals surface area contributed by atoms with Crippen molar-refractivity contribution in [3.8, 4) is 0 Å². The molecule has 0 radical (unpaired) electrons. The van der Waals surface area contributed by atoms with Crippen molar-refractivity contribution in [1.82, 2.24) is 10.2 Å². The van der Waals surface area contributed by atoms with Crippen LogP contribution in [0.3, 0.4) is 0 Å². The smallest absolute Gasteiger partial charge is 0.251 e. The first kappa shape index (κ1) is 19.5. The van der Waals surface area contributed by atoms with Crippen LogP contribution in [0.1, 0.15) is 28.9 Å². The Hall–Kier alpha value is -2.22. The molecule has 0 aliphatic carbocycles. The van der Waals surface area contributed by atoms with E-state index in [0.717, 1.165) is 0 Å². The summed E-state index contributed by atoms with van der Waals surface area (Å²) in [7, 11) is 0. The summed E-state index contributed by atoms with van der Waals surface area (Å²) < 4.78 is 20.7. The van der Waals surface area contributed by atoms with E-state index in [2.05, 4.69) is 10.2 Å². The minimum absolute atomic E-state index is 0.00382. The number of benzene rings is 1. The molecule has 1 aromatic carbocycles. The zero-order valence-electron chi connectivity index (χ0n) is 14.9. The van der Waals surface area contributed by atoms with Crippen LogP contribution in [-0.4, -0.2) is 43.2 Å². The Kier molecular flexibility index (Phi) is 6.26. The van der Waals surface area contributed by atoms with Gasteiger partial charge in [-0.1, -0.05) is 17.7 Å². The Morgan fingerprint density at radius 3 is 2.85 bits per heavy atom. The number of hydrogen-bond acceptors (Lipinski definition) is 4. The maximum absolute atomic E-state index is 14.6. The normalized spacial score (nSPS) is 18.9. The SMILES string of the molecule is CC1CN(C(CNC(=O)c2cc[n+]([O-])cc2)c2c(F)cccc2Cl)CCO1. The lowest BCUT2D eigenvalue weighted by atomic mass is 10.0. The molecule has 1 aliphatic rings. The molecule has 1 N–H and O–H groups in total. The van der Waals surface area contributed by atoms with E-state index in [4.69, 9.17) is 16.3 Å². The maximum Gasteiger partial charge on any atom is 0.251 e. The first-order chi connectivity index (χ1) is 13.0. The predicted molar refractivity (Wildman–Crippen MR) is 98.9 cm³/mol. The molecule has 1 aromatic heterocycles. The average molecular weight is 394 g/mol. The van der Waals surface area contributed by atoms with E-state index < -0.39 is 11.9 Å². The lowest BCUT2D eigenvalue weighted by Gasteiger charge is -2.38. The lowest BCUT2D eigenvalue weighted by Crippen LogP contribution is -2.47. The molecule has 1 amide bonds. The summed E-state index contributed by atoms with van der Waals surface area (Å²) in [4.78, 5) is 14.5. The first-order valence-corrected chi connectivity index (χ1v) is 9.10. The molecule has 2 aromatic rings.